The zero-order valence-corrected chi connectivity index (χ0v) is 7.94. The van der Waals surface area contributed by atoms with E-state index in [2.05, 4.69) is 34.6 Å². The molecule has 2 N–H and O–H groups in total. The summed E-state index contributed by atoms with van der Waals surface area (Å²) in [5, 5.41) is 0. The van der Waals surface area contributed by atoms with Gasteiger partial charge in [-0.1, -0.05) is 27.7 Å². The van der Waals surface area contributed by atoms with E-state index in [1.165, 1.54) is 6.42 Å². The van der Waals surface area contributed by atoms with Crippen molar-refractivity contribution in [2.75, 3.05) is 0 Å². The first-order chi connectivity index (χ1) is 4.33. The van der Waals surface area contributed by atoms with Crippen LogP contribution in [0.3, 0.4) is 0 Å². The van der Waals surface area contributed by atoms with Gasteiger partial charge in [0.25, 0.3) is 0 Å². The van der Waals surface area contributed by atoms with E-state index in [9.17, 15) is 0 Å². The van der Waals surface area contributed by atoms with Crippen LogP contribution in [-0.4, -0.2) is 6.04 Å². The summed E-state index contributed by atoms with van der Waals surface area (Å²) in [4.78, 5) is 0. The van der Waals surface area contributed by atoms with E-state index in [0.29, 0.717) is 17.4 Å². The summed E-state index contributed by atoms with van der Waals surface area (Å²) in [6, 6.07) is 0.333. The van der Waals surface area contributed by atoms with Crippen LogP contribution in [0.5, 0.6) is 0 Å². The highest BCUT2D eigenvalue weighted by molar-refractivity contribution is 4.71. The monoisotopic (exact) mass is 143 g/mol. The van der Waals surface area contributed by atoms with E-state index < -0.39 is 0 Å². The molecule has 0 bridgehead atoms. The van der Waals surface area contributed by atoms with E-state index in [-0.39, 0.29) is 0 Å². The van der Waals surface area contributed by atoms with Crippen LogP contribution in [0, 0.1) is 11.3 Å². The fourth-order valence-corrected chi connectivity index (χ4v) is 1.15. The minimum absolute atomic E-state index is 0.333. The minimum atomic E-state index is 0.333. The number of nitrogens with two attached hydrogens (primary N) is 1. The molecule has 62 valence electrons. The first-order valence-electron chi connectivity index (χ1n) is 4.08. The Bertz CT molecular complexity index is 89.4. The summed E-state index contributed by atoms with van der Waals surface area (Å²) in [6.45, 7) is 11.1. The van der Waals surface area contributed by atoms with Gasteiger partial charge in [0, 0.05) is 6.04 Å². The Balaban J connectivity index is 3.68. The Labute approximate surface area is 65.0 Å². The van der Waals surface area contributed by atoms with Crippen LogP contribution in [0.1, 0.15) is 41.0 Å². The fraction of sp³-hybridized carbons (Fsp3) is 1.00. The molecule has 2 unspecified atom stereocenters. The molecule has 2 atom stereocenters. The first-order valence-corrected chi connectivity index (χ1v) is 4.08. The van der Waals surface area contributed by atoms with Crippen LogP contribution in [0.4, 0.5) is 0 Å². The van der Waals surface area contributed by atoms with Gasteiger partial charge in [0.2, 0.25) is 0 Å². The summed E-state index contributed by atoms with van der Waals surface area (Å²) >= 11 is 0. The van der Waals surface area contributed by atoms with Crippen molar-refractivity contribution in [1.29, 1.82) is 0 Å². The van der Waals surface area contributed by atoms with Gasteiger partial charge in [0.15, 0.2) is 0 Å². The molecular formula is C9H21N. The zero-order valence-electron chi connectivity index (χ0n) is 7.94. The normalized spacial score (nSPS) is 18.6. The van der Waals surface area contributed by atoms with Crippen molar-refractivity contribution in [2.24, 2.45) is 17.1 Å². The molecule has 1 nitrogen and oxygen atoms in total. The molecule has 0 aliphatic carbocycles. The number of hydrogen-bond acceptors (Lipinski definition) is 1. The Morgan fingerprint density at radius 3 is 1.70 bits per heavy atom. The highest BCUT2D eigenvalue weighted by Gasteiger charge is 2.17. The van der Waals surface area contributed by atoms with Crippen molar-refractivity contribution in [3.05, 3.63) is 0 Å². The Morgan fingerprint density at radius 1 is 1.20 bits per heavy atom. The second kappa shape index (κ2) is 3.38. The van der Waals surface area contributed by atoms with E-state index >= 15 is 0 Å². The topological polar surface area (TPSA) is 26.0 Å². The second-order valence-corrected chi connectivity index (χ2v) is 4.60. The van der Waals surface area contributed by atoms with Gasteiger partial charge in [0.1, 0.15) is 0 Å². The first kappa shape index (κ1) is 9.96. The molecule has 0 radical (unpaired) electrons. The second-order valence-electron chi connectivity index (χ2n) is 4.60. The lowest BCUT2D eigenvalue weighted by Gasteiger charge is -2.25. The molecule has 0 rings (SSSR count). The summed E-state index contributed by atoms with van der Waals surface area (Å²) in [5.74, 6) is 0.639. The lowest BCUT2D eigenvalue weighted by atomic mass is 9.83. The van der Waals surface area contributed by atoms with Crippen LogP contribution >= 0.6 is 0 Å². The number of rotatable bonds is 2. The molecule has 0 saturated carbocycles. The van der Waals surface area contributed by atoms with Gasteiger partial charge in [-0.3, -0.25) is 0 Å². The molecule has 0 amide bonds. The van der Waals surface area contributed by atoms with Crippen molar-refractivity contribution in [2.45, 2.75) is 47.1 Å². The molecule has 0 spiro atoms. The molecule has 0 aromatic carbocycles. The molecule has 0 aliphatic rings. The van der Waals surface area contributed by atoms with Crippen molar-refractivity contribution >= 4 is 0 Å². The predicted molar refractivity (Wildman–Crippen MR) is 46.9 cm³/mol. The third-order valence-corrected chi connectivity index (χ3v) is 1.83. The Kier molecular flexibility index (Phi) is 3.37. The van der Waals surface area contributed by atoms with E-state index in [4.69, 9.17) is 5.73 Å². The van der Waals surface area contributed by atoms with Crippen molar-refractivity contribution in [1.82, 2.24) is 0 Å². The SMILES string of the molecule is CC(N)C(C)CC(C)(C)C. The maximum Gasteiger partial charge on any atom is 0.00363 e. The molecule has 0 heterocycles. The van der Waals surface area contributed by atoms with Gasteiger partial charge in [-0.15, -0.1) is 0 Å². The third-order valence-electron chi connectivity index (χ3n) is 1.83. The van der Waals surface area contributed by atoms with Gasteiger partial charge in [0.05, 0.1) is 0 Å². The van der Waals surface area contributed by atoms with Gasteiger partial charge in [-0.25, -0.2) is 0 Å². The quantitative estimate of drug-likeness (QED) is 0.631. The van der Waals surface area contributed by atoms with Crippen LogP contribution in [0.2, 0.25) is 0 Å². The van der Waals surface area contributed by atoms with Crippen LogP contribution in [-0.2, 0) is 0 Å². The smallest absolute Gasteiger partial charge is 0.00363 e. The highest BCUT2D eigenvalue weighted by atomic mass is 14.6. The Hall–Kier alpha value is -0.0400. The van der Waals surface area contributed by atoms with Crippen LogP contribution in [0.15, 0.2) is 0 Å². The number of hydrogen-bond donors (Lipinski definition) is 1. The lowest BCUT2D eigenvalue weighted by Crippen LogP contribution is -2.27. The molecular weight excluding hydrogens is 122 g/mol. The van der Waals surface area contributed by atoms with Gasteiger partial charge < -0.3 is 5.73 Å². The van der Waals surface area contributed by atoms with Crippen molar-refractivity contribution < 1.29 is 0 Å². The third kappa shape index (κ3) is 4.80. The standard InChI is InChI=1S/C9H21N/c1-7(8(2)10)6-9(3,4)5/h7-8H,6,10H2,1-5H3. The van der Waals surface area contributed by atoms with Crippen molar-refractivity contribution in [3.63, 3.8) is 0 Å². The molecule has 0 saturated heterocycles. The average molecular weight is 143 g/mol. The van der Waals surface area contributed by atoms with E-state index in [1.54, 1.807) is 0 Å². The summed E-state index contributed by atoms with van der Waals surface area (Å²) in [5.41, 5.74) is 6.17. The Morgan fingerprint density at radius 2 is 1.60 bits per heavy atom. The fourth-order valence-electron chi connectivity index (χ4n) is 1.15. The van der Waals surface area contributed by atoms with Gasteiger partial charge in [-0.2, -0.15) is 0 Å². The highest BCUT2D eigenvalue weighted by Crippen LogP contribution is 2.25. The summed E-state index contributed by atoms with van der Waals surface area (Å²) in [7, 11) is 0. The van der Waals surface area contributed by atoms with Gasteiger partial charge >= 0.3 is 0 Å². The largest absolute Gasteiger partial charge is 0.328 e. The molecule has 0 aliphatic heterocycles. The summed E-state index contributed by atoms with van der Waals surface area (Å²) in [6.07, 6.45) is 1.21. The maximum atomic E-state index is 5.74. The predicted octanol–water partition coefficient (Wildman–Crippen LogP) is 2.41. The zero-order chi connectivity index (χ0) is 8.36. The lowest BCUT2D eigenvalue weighted by molar-refractivity contribution is 0.284. The maximum absolute atomic E-state index is 5.74. The van der Waals surface area contributed by atoms with Crippen molar-refractivity contribution in [3.8, 4) is 0 Å². The molecule has 1 heteroatoms. The molecule has 0 aromatic rings. The molecule has 0 aromatic heterocycles. The van der Waals surface area contributed by atoms with Crippen LogP contribution in [0.25, 0.3) is 0 Å². The average Bonchev–Trinajstić information content (AvgIpc) is 1.60. The van der Waals surface area contributed by atoms with E-state index in [1.807, 2.05) is 0 Å². The van der Waals surface area contributed by atoms with E-state index in [0.717, 1.165) is 0 Å². The van der Waals surface area contributed by atoms with Gasteiger partial charge in [-0.05, 0) is 24.7 Å². The summed E-state index contributed by atoms with van der Waals surface area (Å²) < 4.78 is 0. The minimum Gasteiger partial charge on any atom is -0.328 e. The van der Waals surface area contributed by atoms with Crippen LogP contribution < -0.4 is 5.73 Å². The molecule has 0 fully saturated rings. The molecule has 10 heavy (non-hydrogen) atoms.